The molecule has 0 aliphatic rings. The standard InChI is InChI=1S/C17H18N2O3S2/c1-2-22-13-12-19-15-10-6-7-11-16(15)23-17(19)18-24(20,21)14-8-4-3-5-9-14/h3-11H,2,12-13H2,1H3. The summed E-state index contributed by atoms with van der Waals surface area (Å²) >= 11 is 1.37. The van der Waals surface area contributed by atoms with Crippen LogP contribution >= 0.6 is 11.3 Å². The Labute approximate surface area is 144 Å². The van der Waals surface area contributed by atoms with Crippen LogP contribution in [0.5, 0.6) is 0 Å². The minimum atomic E-state index is -3.74. The highest BCUT2D eigenvalue weighted by Crippen LogP contribution is 2.18. The van der Waals surface area contributed by atoms with Gasteiger partial charge in [-0.15, -0.1) is 4.40 Å². The number of sulfonamides is 1. The zero-order valence-electron chi connectivity index (χ0n) is 13.3. The van der Waals surface area contributed by atoms with E-state index in [1.165, 1.54) is 11.3 Å². The topological polar surface area (TPSA) is 60.7 Å². The van der Waals surface area contributed by atoms with Crippen LogP contribution in [0.3, 0.4) is 0 Å². The number of para-hydroxylation sites is 1. The molecule has 0 saturated carbocycles. The Morgan fingerprint density at radius 1 is 1.08 bits per heavy atom. The van der Waals surface area contributed by atoms with Gasteiger partial charge in [0.05, 0.1) is 21.7 Å². The number of ether oxygens (including phenoxy) is 1. The van der Waals surface area contributed by atoms with Crippen LogP contribution in [-0.2, 0) is 21.3 Å². The molecule has 3 rings (SSSR count). The molecule has 0 aliphatic carbocycles. The zero-order chi connectivity index (χ0) is 17.0. The van der Waals surface area contributed by atoms with E-state index >= 15 is 0 Å². The third kappa shape index (κ3) is 3.58. The molecule has 2 aromatic carbocycles. The number of hydrogen-bond acceptors (Lipinski definition) is 4. The van der Waals surface area contributed by atoms with E-state index in [0.29, 0.717) is 24.6 Å². The predicted octanol–water partition coefficient (Wildman–Crippen LogP) is 3.03. The van der Waals surface area contributed by atoms with Crippen molar-refractivity contribution in [1.82, 2.24) is 4.57 Å². The summed E-state index contributed by atoms with van der Waals surface area (Å²) in [5.41, 5.74) is 0.962. The molecule has 0 radical (unpaired) electrons. The van der Waals surface area contributed by atoms with Gasteiger partial charge in [0.25, 0.3) is 10.0 Å². The quantitative estimate of drug-likeness (QED) is 0.633. The molecule has 0 atom stereocenters. The summed E-state index contributed by atoms with van der Waals surface area (Å²) in [7, 11) is -3.74. The summed E-state index contributed by atoms with van der Waals surface area (Å²) in [6, 6.07) is 16.1. The van der Waals surface area contributed by atoms with Crippen molar-refractivity contribution >= 4 is 31.6 Å². The highest BCUT2D eigenvalue weighted by molar-refractivity contribution is 7.90. The molecule has 5 nitrogen and oxygen atoms in total. The number of hydrogen-bond donors (Lipinski definition) is 0. The minimum Gasteiger partial charge on any atom is -0.380 e. The maximum atomic E-state index is 12.6. The largest absolute Gasteiger partial charge is 0.380 e. The monoisotopic (exact) mass is 362 g/mol. The average molecular weight is 362 g/mol. The van der Waals surface area contributed by atoms with Crippen LogP contribution in [0.2, 0.25) is 0 Å². The normalized spacial score (nSPS) is 12.8. The number of nitrogens with zero attached hydrogens (tertiary/aromatic N) is 2. The van der Waals surface area contributed by atoms with E-state index < -0.39 is 10.0 Å². The van der Waals surface area contributed by atoms with Crippen molar-refractivity contribution in [3.63, 3.8) is 0 Å². The fourth-order valence-electron chi connectivity index (χ4n) is 2.36. The van der Waals surface area contributed by atoms with E-state index in [9.17, 15) is 8.42 Å². The first-order valence-electron chi connectivity index (χ1n) is 7.64. The molecular formula is C17H18N2O3S2. The van der Waals surface area contributed by atoms with Crippen LogP contribution in [-0.4, -0.2) is 26.2 Å². The summed E-state index contributed by atoms with van der Waals surface area (Å²) in [4.78, 5) is 0.651. The Hall–Kier alpha value is -1.96. The van der Waals surface area contributed by atoms with Crippen LogP contribution < -0.4 is 4.80 Å². The van der Waals surface area contributed by atoms with Crippen LogP contribution in [0.15, 0.2) is 63.9 Å². The van der Waals surface area contributed by atoms with Crippen LogP contribution in [0.25, 0.3) is 10.2 Å². The molecule has 126 valence electrons. The van der Waals surface area contributed by atoms with E-state index in [2.05, 4.69) is 4.40 Å². The lowest BCUT2D eigenvalue weighted by Gasteiger charge is -2.05. The van der Waals surface area contributed by atoms with E-state index in [0.717, 1.165) is 10.2 Å². The lowest BCUT2D eigenvalue weighted by Crippen LogP contribution is -2.19. The molecule has 1 heterocycles. The summed E-state index contributed by atoms with van der Waals surface area (Å²) in [5, 5.41) is 0. The van der Waals surface area contributed by atoms with Gasteiger partial charge in [0, 0.05) is 13.2 Å². The first-order chi connectivity index (χ1) is 11.6. The van der Waals surface area contributed by atoms with Gasteiger partial charge in [0.1, 0.15) is 0 Å². The number of fused-ring (bicyclic) bond motifs is 1. The lowest BCUT2D eigenvalue weighted by molar-refractivity contribution is 0.139. The maximum Gasteiger partial charge on any atom is 0.285 e. The number of thiazole rings is 1. The Morgan fingerprint density at radius 3 is 2.54 bits per heavy atom. The van der Waals surface area contributed by atoms with E-state index in [-0.39, 0.29) is 4.90 Å². The van der Waals surface area contributed by atoms with E-state index in [1.54, 1.807) is 30.3 Å². The highest BCUT2D eigenvalue weighted by atomic mass is 32.2. The van der Waals surface area contributed by atoms with Gasteiger partial charge in [-0.3, -0.25) is 0 Å². The first-order valence-corrected chi connectivity index (χ1v) is 9.89. The molecule has 1 aromatic heterocycles. The van der Waals surface area contributed by atoms with E-state index in [1.807, 2.05) is 35.8 Å². The van der Waals surface area contributed by atoms with Gasteiger partial charge in [-0.25, -0.2) is 0 Å². The maximum absolute atomic E-state index is 12.6. The third-order valence-electron chi connectivity index (χ3n) is 3.49. The van der Waals surface area contributed by atoms with Crippen molar-refractivity contribution < 1.29 is 13.2 Å². The van der Waals surface area contributed by atoms with Gasteiger partial charge < -0.3 is 9.30 Å². The first kappa shape index (κ1) is 16.9. The average Bonchev–Trinajstić information content (AvgIpc) is 2.93. The van der Waals surface area contributed by atoms with Crippen LogP contribution in [0.1, 0.15) is 6.92 Å². The number of aromatic nitrogens is 1. The van der Waals surface area contributed by atoms with Crippen molar-refractivity contribution in [3.05, 3.63) is 59.4 Å². The van der Waals surface area contributed by atoms with E-state index in [4.69, 9.17) is 4.74 Å². The SMILES string of the molecule is CCOCCn1c(=NS(=O)(=O)c2ccccc2)sc2ccccc21. The number of rotatable bonds is 6. The molecule has 0 unspecified atom stereocenters. The Bertz CT molecular complexity index is 989. The fourth-order valence-corrected chi connectivity index (χ4v) is 4.64. The van der Waals surface area contributed by atoms with Gasteiger partial charge in [-0.2, -0.15) is 8.42 Å². The van der Waals surface area contributed by atoms with Gasteiger partial charge in [0.2, 0.25) is 4.80 Å². The molecule has 0 fully saturated rings. The Balaban J connectivity index is 2.12. The van der Waals surface area contributed by atoms with Gasteiger partial charge in [0.15, 0.2) is 0 Å². The van der Waals surface area contributed by atoms with Crippen molar-refractivity contribution in [2.24, 2.45) is 4.40 Å². The highest BCUT2D eigenvalue weighted by Gasteiger charge is 2.14. The van der Waals surface area contributed by atoms with Crippen molar-refractivity contribution in [2.45, 2.75) is 18.4 Å². The molecule has 0 spiro atoms. The second-order valence-corrected chi connectivity index (χ2v) is 7.69. The molecule has 0 aliphatic heterocycles. The fraction of sp³-hybridized carbons (Fsp3) is 0.235. The molecule has 3 aromatic rings. The van der Waals surface area contributed by atoms with Crippen molar-refractivity contribution in [2.75, 3.05) is 13.2 Å². The van der Waals surface area contributed by atoms with Crippen molar-refractivity contribution in [3.8, 4) is 0 Å². The Kier molecular flexibility index (Phi) is 5.13. The van der Waals surface area contributed by atoms with Gasteiger partial charge in [-0.05, 0) is 31.2 Å². The van der Waals surface area contributed by atoms with Gasteiger partial charge >= 0.3 is 0 Å². The lowest BCUT2D eigenvalue weighted by atomic mass is 10.3. The van der Waals surface area contributed by atoms with Crippen LogP contribution in [0.4, 0.5) is 0 Å². The molecular weight excluding hydrogens is 344 g/mol. The molecule has 24 heavy (non-hydrogen) atoms. The zero-order valence-corrected chi connectivity index (χ0v) is 14.9. The van der Waals surface area contributed by atoms with Crippen LogP contribution in [0, 0.1) is 0 Å². The Morgan fingerprint density at radius 2 is 1.79 bits per heavy atom. The summed E-state index contributed by atoms with van der Waals surface area (Å²) in [5.74, 6) is 0. The van der Waals surface area contributed by atoms with Gasteiger partial charge in [-0.1, -0.05) is 41.7 Å². The van der Waals surface area contributed by atoms with Crippen molar-refractivity contribution in [1.29, 1.82) is 0 Å². The molecule has 0 saturated heterocycles. The minimum absolute atomic E-state index is 0.193. The molecule has 0 amide bonds. The number of benzene rings is 2. The molecule has 7 heteroatoms. The summed E-state index contributed by atoms with van der Waals surface area (Å²) in [6.07, 6.45) is 0. The summed E-state index contributed by atoms with van der Waals surface area (Å²) < 4.78 is 37.5. The molecule has 0 bridgehead atoms. The predicted molar refractivity (Wildman–Crippen MR) is 95.5 cm³/mol. The second-order valence-electron chi connectivity index (χ2n) is 5.08. The summed E-state index contributed by atoms with van der Waals surface area (Å²) in [6.45, 7) is 3.62. The second kappa shape index (κ2) is 7.29. The molecule has 0 N–H and O–H groups in total. The smallest absolute Gasteiger partial charge is 0.285 e. The third-order valence-corrected chi connectivity index (χ3v) is 5.95.